The molecular formula is C45H38F3N5O4. The topological polar surface area (TPSA) is 103 Å². The number of para-hydroxylation sites is 1. The van der Waals surface area contributed by atoms with Crippen molar-refractivity contribution in [1.82, 2.24) is 19.5 Å². The quantitative estimate of drug-likeness (QED) is 0.124. The zero-order chi connectivity index (χ0) is 39.5. The summed E-state index contributed by atoms with van der Waals surface area (Å²) in [5.41, 5.74) is 4.58. The van der Waals surface area contributed by atoms with Gasteiger partial charge in [-0.3, -0.25) is 4.98 Å². The fraction of sp³-hybridized carbons (Fsp3) is 0.200. The molecule has 1 fully saturated rings. The second-order valence-corrected chi connectivity index (χ2v) is 13.9. The number of carboxylic acid groups (broad SMARTS) is 1. The maximum Gasteiger partial charge on any atom is 0.335 e. The molecule has 0 aliphatic carbocycles. The molecule has 288 valence electrons. The molecule has 7 aromatic rings. The number of hydrogen-bond acceptors (Lipinski definition) is 7. The van der Waals surface area contributed by atoms with Crippen LogP contribution in [-0.2, 0) is 17.9 Å². The van der Waals surface area contributed by atoms with Crippen molar-refractivity contribution in [3.63, 3.8) is 0 Å². The van der Waals surface area contributed by atoms with E-state index in [-0.39, 0.29) is 30.9 Å². The minimum Gasteiger partial charge on any atom is -0.488 e. The molecule has 57 heavy (non-hydrogen) atoms. The van der Waals surface area contributed by atoms with Crippen LogP contribution in [-0.4, -0.2) is 57.4 Å². The van der Waals surface area contributed by atoms with Gasteiger partial charge in [0.15, 0.2) is 0 Å². The van der Waals surface area contributed by atoms with Crippen molar-refractivity contribution >= 4 is 22.8 Å². The number of ether oxygens (including phenoxy) is 2. The van der Waals surface area contributed by atoms with E-state index in [0.29, 0.717) is 50.6 Å². The molecule has 0 saturated carbocycles. The number of methoxy groups -OCH3 is 1. The Bertz CT molecular complexity index is 2570. The first-order valence-electron chi connectivity index (χ1n) is 18.6. The molecule has 0 radical (unpaired) electrons. The molecule has 0 spiro atoms. The van der Waals surface area contributed by atoms with Gasteiger partial charge >= 0.3 is 5.97 Å². The van der Waals surface area contributed by atoms with E-state index in [4.69, 9.17) is 14.5 Å². The van der Waals surface area contributed by atoms with Gasteiger partial charge in [-0.1, -0.05) is 30.3 Å². The number of aromatic carboxylic acids is 1. The van der Waals surface area contributed by atoms with E-state index in [0.717, 1.165) is 55.5 Å². The first kappa shape index (κ1) is 37.4. The van der Waals surface area contributed by atoms with Gasteiger partial charge in [-0.15, -0.1) is 0 Å². The summed E-state index contributed by atoms with van der Waals surface area (Å²) in [4.78, 5) is 28.3. The summed E-state index contributed by atoms with van der Waals surface area (Å²) in [7, 11) is 1.53. The molecule has 1 aliphatic heterocycles. The lowest BCUT2D eigenvalue weighted by Crippen LogP contribution is -2.18. The molecule has 1 saturated heterocycles. The van der Waals surface area contributed by atoms with Crippen molar-refractivity contribution in [2.24, 2.45) is 0 Å². The van der Waals surface area contributed by atoms with Gasteiger partial charge in [0.05, 0.1) is 34.8 Å². The number of imidazole rings is 1. The van der Waals surface area contributed by atoms with Crippen molar-refractivity contribution in [1.29, 1.82) is 0 Å². The molecule has 0 amide bonds. The van der Waals surface area contributed by atoms with Gasteiger partial charge in [-0.05, 0) is 96.8 Å². The van der Waals surface area contributed by atoms with Gasteiger partial charge in [0.1, 0.15) is 41.5 Å². The Balaban J connectivity index is 1.12. The standard InChI is InChI=1S/C45H38F3N5O4/c1-56-21-20-53-40-24-30(45(54)55)10-14-38(40)51-44(53)43(35-25-33(46)12-13-36(35)47)39-23-29(16-17-49-39)34-6-2-3-7-41(34)57-27-32-9-8-28(22-37(32)48)31-11-15-42(50-26-31)52-18-4-5-19-52/h2-3,6-17,22-26,43H,4-5,18-21,27H2,1H3,(H,54,55). The molecule has 1 N–H and O–H groups in total. The summed E-state index contributed by atoms with van der Waals surface area (Å²) in [6, 6.07) is 27.6. The number of hydrogen-bond donors (Lipinski definition) is 1. The minimum absolute atomic E-state index is 0.00569. The van der Waals surface area contributed by atoms with Crippen LogP contribution in [0.1, 0.15) is 51.8 Å². The van der Waals surface area contributed by atoms with Crippen LogP contribution < -0.4 is 9.64 Å². The zero-order valence-electron chi connectivity index (χ0n) is 31.0. The van der Waals surface area contributed by atoms with Crippen LogP contribution in [0.25, 0.3) is 33.3 Å². The Morgan fingerprint density at radius 2 is 1.67 bits per heavy atom. The average Bonchev–Trinajstić information content (AvgIpc) is 3.90. The number of anilines is 1. The zero-order valence-corrected chi connectivity index (χ0v) is 31.0. The summed E-state index contributed by atoms with van der Waals surface area (Å²) >= 11 is 0. The molecule has 3 aromatic heterocycles. The third-order valence-electron chi connectivity index (χ3n) is 10.3. The van der Waals surface area contributed by atoms with Crippen molar-refractivity contribution in [3.05, 3.63) is 161 Å². The van der Waals surface area contributed by atoms with Crippen LogP contribution in [0.15, 0.2) is 116 Å². The van der Waals surface area contributed by atoms with Gasteiger partial charge in [-0.25, -0.2) is 27.9 Å². The number of fused-ring (bicyclic) bond motifs is 1. The molecule has 12 heteroatoms. The van der Waals surface area contributed by atoms with E-state index in [1.54, 1.807) is 47.3 Å². The Kier molecular flexibility index (Phi) is 10.7. The highest BCUT2D eigenvalue weighted by Gasteiger charge is 2.29. The molecule has 0 bridgehead atoms. The SMILES string of the molecule is COCCn1c(C(c2cc(-c3ccccc3OCc3ccc(-c4ccc(N5CCCC5)nc4)cc3F)ccn2)c2cc(F)ccc2F)nc2ccc(C(=O)O)cc21. The monoisotopic (exact) mass is 769 g/mol. The molecule has 4 heterocycles. The number of carbonyl (C=O) groups is 1. The van der Waals surface area contributed by atoms with E-state index < -0.39 is 29.3 Å². The number of pyridine rings is 2. The second-order valence-electron chi connectivity index (χ2n) is 13.9. The van der Waals surface area contributed by atoms with Crippen LogP contribution in [0.3, 0.4) is 0 Å². The Morgan fingerprint density at radius 1 is 0.842 bits per heavy atom. The predicted molar refractivity (Wildman–Crippen MR) is 211 cm³/mol. The Hall–Kier alpha value is -6.53. The maximum absolute atomic E-state index is 15.8. The molecule has 1 atom stereocenters. The third kappa shape index (κ3) is 7.81. The fourth-order valence-corrected chi connectivity index (χ4v) is 7.37. The lowest BCUT2D eigenvalue weighted by molar-refractivity contribution is 0.0697. The minimum atomic E-state index is -1.11. The van der Waals surface area contributed by atoms with Crippen molar-refractivity contribution in [2.75, 3.05) is 31.7 Å². The summed E-state index contributed by atoms with van der Waals surface area (Å²) in [5.74, 6) is -2.14. The van der Waals surface area contributed by atoms with E-state index in [2.05, 4.69) is 14.9 Å². The van der Waals surface area contributed by atoms with Gasteiger partial charge in [-0.2, -0.15) is 0 Å². The van der Waals surface area contributed by atoms with E-state index >= 15 is 8.78 Å². The number of carboxylic acids is 1. The molecule has 1 unspecified atom stereocenters. The van der Waals surface area contributed by atoms with Crippen LogP contribution in [0.5, 0.6) is 5.75 Å². The van der Waals surface area contributed by atoms with Gasteiger partial charge < -0.3 is 24.0 Å². The summed E-state index contributed by atoms with van der Waals surface area (Å²) < 4.78 is 59.6. The largest absolute Gasteiger partial charge is 0.488 e. The van der Waals surface area contributed by atoms with Crippen LogP contribution in [0.2, 0.25) is 0 Å². The number of benzene rings is 4. The normalized spacial score (nSPS) is 13.3. The van der Waals surface area contributed by atoms with E-state index in [9.17, 15) is 14.3 Å². The molecule has 9 nitrogen and oxygen atoms in total. The number of aromatic nitrogens is 4. The highest BCUT2D eigenvalue weighted by atomic mass is 19.1. The lowest BCUT2D eigenvalue weighted by Gasteiger charge is -2.21. The van der Waals surface area contributed by atoms with E-state index in [1.807, 2.05) is 36.4 Å². The molecular weight excluding hydrogens is 732 g/mol. The van der Waals surface area contributed by atoms with Gasteiger partial charge in [0.2, 0.25) is 0 Å². The van der Waals surface area contributed by atoms with Crippen molar-refractivity contribution in [3.8, 4) is 28.0 Å². The smallest absolute Gasteiger partial charge is 0.335 e. The highest BCUT2D eigenvalue weighted by Crippen LogP contribution is 2.38. The number of nitrogens with zero attached hydrogens (tertiary/aromatic N) is 5. The number of halogens is 3. The highest BCUT2D eigenvalue weighted by molar-refractivity contribution is 5.92. The average molecular weight is 770 g/mol. The van der Waals surface area contributed by atoms with Gasteiger partial charge in [0.25, 0.3) is 0 Å². The first-order chi connectivity index (χ1) is 27.8. The molecule has 4 aromatic carbocycles. The Labute approximate surface area is 327 Å². The van der Waals surface area contributed by atoms with Crippen molar-refractivity contribution < 1.29 is 32.5 Å². The lowest BCUT2D eigenvalue weighted by atomic mass is 9.91. The fourth-order valence-electron chi connectivity index (χ4n) is 7.37. The van der Waals surface area contributed by atoms with Crippen LogP contribution in [0.4, 0.5) is 19.0 Å². The van der Waals surface area contributed by atoms with E-state index in [1.165, 1.54) is 25.3 Å². The summed E-state index contributed by atoms with van der Waals surface area (Å²) in [6.07, 6.45) is 5.66. The maximum atomic E-state index is 15.8. The molecule has 1 aliphatic rings. The van der Waals surface area contributed by atoms with Gasteiger partial charge in [0, 0.05) is 61.4 Å². The third-order valence-corrected chi connectivity index (χ3v) is 10.3. The summed E-state index contributed by atoms with van der Waals surface area (Å²) in [5, 5.41) is 9.73. The number of rotatable bonds is 13. The second kappa shape index (κ2) is 16.3. The van der Waals surface area contributed by atoms with Crippen LogP contribution in [0, 0.1) is 17.5 Å². The molecule has 8 rings (SSSR count). The summed E-state index contributed by atoms with van der Waals surface area (Å²) in [6.45, 7) is 2.42. The Morgan fingerprint density at radius 3 is 2.44 bits per heavy atom. The van der Waals surface area contributed by atoms with Crippen molar-refractivity contribution in [2.45, 2.75) is 31.9 Å². The van der Waals surface area contributed by atoms with Crippen LogP contribution >= 0.6 is 0 Å². The predicted octanol–water partition coefficient (Wildman–Crippen LogP) is 9.28. The first-order valence-corrected chi connectivity index (χ1v) is 18.6.